The van der Waals surface area contributed by atoms with Crippen LogP contribution in [0.3, 0.4) is 0 Å². The van der Waals surface area contributed by atoms with Crippen molar-refractivity contribution in [1.82, 2.24) is 14.7 Å². The fraction of sp³-hybridized carbons (Fsp3) is 0.136. The van der Waals surface area contributed by atoms with Gasteiger partial charge in [0, 0.05) is 17.4 Å². The Morgan fingerprint density at radius 1 is 1.15 bits per heavy atom. The first-order chi connectivity index (χ1) is 15.7. The smallest absolute Gasteiger partial charge is 0.406 e. The highest BCUT2D eigenvalue weighted by Gasteiger charge is 2.31. The Balaban J connectivity index is 1.48. The SMILES string of the molecule is Cc1ccc(F)cc1NC(=O)Cn1cccc1-c1nc(-c2ccc(OC(F)(F)F)cc2)no1. The average molecular weight is 460 g/mol. The minimum Gasteiger partial charge on any atom is -0.406 e. The summed E-state index contributed by atoms with van der Waals surface area (Å²) in [6, 6.07) is 12.5. The Labute approximate surface area is 184 Å². The van der Waals surface area contributed by atoms with Gasteiger partial charge in [-0.3, -0.25) is 4.79 Å². The second-order valence-electron chi connectivity index (χ2n) is 7.02. The molecule has 33 heavy (non-hydrogen) atoms. The monoisotopic (exact) mass is 460 g/mol. The number of alkyl halides is 3. The predicted molar refractivity (Wildman–Crippen MR) is 110 cm³/mol. The maximum atomic E-state index is 13.5. The van der Waals surface area contributed by atoms with Crippen LogP contribution in [0.1, 0.15) is 5.56 Å². The van der Waals surface area contributed by atoms with Crippen molar-refractivity contribution in [2.75, 3.05) is 5.32 Å². The highest BCUT2D eigenvalue weighted by molar-refractivity contribution is 5.91. The van der Waals surface area contributed by atoms with Crippen molar-refractivity contribution in [3.63, 3.8) is 0 Å². The number of hydrogen-bond acceptors (Lipinski definition) is 5. The van der Waals surface area contributed by atoms with E-state index in [4.69, 9.17) is 4.52 Å². The Bertz CT molecular complexity index is 1280. The highest BCUT2D eigenvalue weighted by atomic mass is 19.4. The Morgan fingerprint density at radius 3 is 2.64 bits per heavy atom. The number of aromatic nitrogens is 3. The first kappa shape index (κ1) is 22.1. The van der Waals surface area contributed by atoms with E-state index in [1.807, 2.05) is 0 Å². The molecule has 1 amide bonds. The van der Waals surface area contributed by atoms with Gasteiger partial charge in [-0.25, -0.2) is 4.39 Å². The number of ether oxygens (including phenoxy) is 1. The lowest BCUT2D eigenvalue weighted by molar-refractivity contribution is -0.274. The van der Waals surface area contributed by atoms with Crippen molar-refractivity contribution in [2.24, 2.45) is 0 Å². The van der Waals surface area contributed by atoms with Crippen molar-refractivity contribution >= 4 is 11.6 Å². The lowest BCUT2D eigenvalue weighted by Crippen LogP contribution is -2.19. The van der Waals surface area contributed by atoms with E-state index in [9.17, 15) is 22.4 Å². The number of carbonyl (C=O) groups is 1. The molecule has 0 radical (unpaired) electrons. The van der Waals surface area contributed by atoms with E-state index < -0.39 is 12.2 Å². The zero-order chi connectivity index (χ0) is 23.6. The van der Waals surface area contributed by atoms with Gasteiger partial charge in [0.05, 0.1) is 0 Å². The van der Waals surface area contributed by atoms with Gasteiger partial charge in [0.25, 0.3) is 5.89 Å². The van der Waals surface area contributed by atoms with Crippen LogP contribution >= 0.6 is 0 Å². The molecule has 2 aromatic carbocycles. The second kappa shape index (κ2) is 8.77. The summed E-state index contributed by atoms with van der Waals surface area (Å²) < 4.78 is 61.1. The minimum absolute atomic E-state index is 0.0977. The molecule has 2 heterocycles. The summed E-state index contributed by atoms with van der Waals surface area (Å²) >= 11 is 0. The second-order valence-corrected chi connectivity index (χ2v) is 7.02. The maximum absolute atomic E-state index is 13.5. The van der Waals surface area contributed by atoms with Crippen LogP contribution in [0.5, 0.6) is 5.75 Å². The number of nitrogens with zero attached hydrogens (tertiary/aromatic N) is 3. The van der Waals surface area contributed by atoms with Gasteiger partial charge in [-0.05, 0) is 61.0 Å². The van der Waals surface area contributed by atoms with Crippen molar-refractivity contribution in [2.45, 2.75) is 19.8 Å². The van der Waals surface area contributed by atoms with Crippen LogP contribution in [0.4, 0.5) is 23.2 Å². The summed E-state index contributed by atoms with van der Waals surface area (Å²) in [5, 5.41) is 6.51. The molecule has 170 valence electrons. The van der Waals surface area contributed by atoms with Gasteiger partial charge in [-0.15, -0.1) is 13.2 Å². The third kappa shape index (κ3) is 5.37. The van der Waals surface area contributed by atoms with Crippen molar-refractivity contribution in [3.8, 4) is 28.7 Å². The maximum Gasteiger partial charge on any atom is 0.573 e. The molecule has 0 aliphatic rings. The van der Waals surface area contributed by atoms with E-state index in [2.05, 4.69) is 20.2 Å². The molecule has 4 rings (SSSR count). The summed E-state index contributed by atoms with van der Waals surface area (Å²) in [5.41, 5.74) is 1.95. The summed E-state index contributed by atoms with van der Waals surface area (Å²) in [5.74, 6) is -0.963. The summed E-state index contributed by atoms with van der Waals surface area (Å²) in [4.78, 5) is 16.7. The van der Waals surface area contributed by atoms with E-state index in [1.165, 1.54) is 24.3 Å². The number of anilines is 1. The predicted octanol–water partition coefficient (Wildman–Crippen LogP) is 5.19. The number of amides is 1. The molecule has 7 nitrogen and oxygen atoms in total. The van der Waals surface area contributed by atoms with Gasteiger partial charge in [0.2, 0.25) is 11.7 Å². The molecule has 0 spiro atoms. The van der Waals surface area contributed by atoms with Crippen molar-refractivity contribution in [1.29, 1.82) is 0 Å². The van der Waals surface area contributed by atoms with Gasteiger partial charge >= 0.3 is 6.36 Å². The van der Waals surface area contributed by atoms with Crippen LogP contribution in [0.15, 0.2) is 65.3 Å². The summed E-state index contributed by atoms with van der Waals surface area (Å²) in [6.07, 6.45) is -3.15. The molecule has 0 unspecified atom stereocenters. The Morgan fingerprint density at radius 2 is 1.91 bits per heavy atom. The topological polar surface area (TPSA) is 82.2 Å². The van der Waals surface area contributed by atoms with E-state index in [-0.39, 0.29) is 29.9 Å². The molecule has 4 aromatic rings. The van der Waals surface area contributed by atoms with Crippen molar-refractivity contribution < 1.29 is 31.6 Å². The van der Waals surface area contributed by atoms with Gasteiger partial charge in [0.15, 0.2) is 0 Å². The molecular weight excluding hydrogens is 444 g/mol. The van der Waals surface area contributed by atoms with Gasteiger partial charge < -0.3 is 19.1 Å². The van der Waals surface area contributed by atoms with Crippen LogP contribution in [0, 0.1) is 12.7 Å². The van der Waals surface area contributed by atoms with E-state index >= 15 is 0 Å². The molecule has 0 aliphatic carbocycles. The summed E-state index contributed by atoms with van der Waals surface area (Å²) in [7, 11) is 0. The number of halogens is 4. The molecule has 0 atom stereocenters. The Hall–Kier alpha value is -4.15. The lowest BCUT2D eigenvalue weighted by atomic mass is 10.2. The number of hydrogen-bond donors (Lipinski definition) is 1. The lowest BCUT2D eigenvalue weighted by Gasteiger charge is -2.10. The zero-order valence-corrected chi connectivity index (χ0v) is 17.1. The van der Waals surface area contributed by atoms with Crippen LogP contribution in [0.2, 0.25) is 0 Å². The van der Waals surface area contributed by atoms with E-state index in [1.54, 1.807) is 35.9 Å². The average Bonchev–Trinajstić information content (AvgIpc) is 3.39. The van der Waals surface area contributed by atoms with Crippen LogP contribution in [0.25, 0.3) is 23.0 Å². The molecule has 1 N–H and O–H groups in total. The number of carbonyl (C=O) groups excluding carboxylic acids is 1. The molecule has 11 heteroatoms. The fourth-order valence-corrected chi connectivity index (χ4v) is 3.07. The van der Waals surface area contributed by atoms with E-state index in [0.29, 0.717) is 22.5 Å². The minimum atomic E-state index is -4.79. The molecule has 2 aromatic heterocycles. The van der Waals surface area contributed by atoms with Gasteiger partial charge in [-0.2, -0.15) is 4.98 Å². The van der Waals surface area contributed by atoms with E-state index in [0.717, 1.165) is 12.1 Å². The van der Waals surface area contributed by atoms with Crippen LogP contribution in [-0.4, -0.2) is 27.0 Å². The molecule has 0 fully saturated rings. The standard InChI is InChI=1S/C22H16F4N4O3/c1-13-4-7-15(23)11-17(13)27-19(31)12-30-10-2-3-18(30)21-28-20(29-33-21)14-5-8-16(9-6-14)32-22(24,25)26/h2-11H,12H2,1H3,(H,27,31). The third-order valence-electron chi connectivity index (χ3n) is 4.61. The number of aryl methyl sites for hydroxylation is 1. The number of benzene rings is 2. The highest BCUT2D eigenvalue weighted by Crippen LogP contribution is 2.27. The molecule has 0 aliphatic heterocycles. The quantitative estimate of drug-likeness (QED) is 0.401. The molecular formula is C22H16F4N4O3. The van der Waals surface area contributed by atoms with Crippen LogP contribution in [-0.2, 0) is 11.3 Å². The summed E-state index contributed by atoms with van der Waals surface area (Å²) in [6.45, 7) is 1.65. The fourth-order valence-electron chi connectivity index (χ4n) is 3.07. The molecule has 0 saturated heterocycles. The molecule has 0 bridgehead atoms. The third-order valence-corrected chi connectivity index (χ3v) is 4.61. The van der Waals surface area contributed by atoms with Crippen molar-refractivity contribution in [3.05, 3.63) is 72.2 Å². The number of nitrogens with one attached hydrogen (secondary N) is 1. The zero-order valence-electron chi connectivity index (χ0n) is 17.1. The first-order valence-corrected chi connectivity index (χ1v) is 9.59. The van der Waals surface area contributed by atoms with Gasteiger partial charge in [0.1, 0.15) is 23.8 Å². The largest absolute Gasteiger partial charge is 0.573 e. The Kier molecular flexibility index (Phi) is 5.86. The molecule has 0 saturated carbocycles. The first-order valence-electron chi connectivity index (χ1n) is 9.59. The number of rotatable bonds is 6. The van der Waals surface area contributed by atoms with Crippen LogP contribution < -0.4 is 10.1 Å². The van der Waals surface area contributed by atoms with Gasteiger partial charge in [-0.1, -0.05) is 11.2 Å². The normalized spacial score (nSPS) is 11.4.